The molecule has 0 atom stereocenters. The fourth-order valence-electron chi connectivity index (χ4n) is 3.82. The van der Waals surface area contributed by atoms with E-state index < -0.39 is 5.91 Å². The highest BCUT2D eigenvalue weighted by molar-refractivity contribution is 8.27. The third-order valence-electron chi connectivity index (χ3n) is 5.70. The summed E-state index contributed by atoms with van der Waals surface area (Å²) in [4.78, 5) is 20.9. The number of hydrogen-bond acceptors (Lipinski definition) is 7. The first-order valence-electron chi connectivity index (χ1n) is 11.8. The van der Waals surface area contributed by atoms with Crippen molar-refractivity contribution in [3.8, 4) is 11.5 Å². The second-order valence-corrected chi connectivity index (χ2v) is 9.51. The Balaban J connectivity index is 1.17. The Kier molecular flexibility index (Phi) is 7.14. The zero-order chi connectivity index (χ0) is 25.8. The molecule has 1 amide bonds. The van der Waals surface area contributed by atoms with Crippen LogP contribution < -0.4 is 9.47 Å². The number of ether oxygens (including phenoxy) is 2. The Hall–Kier alpha value is -4.24. The van der Waals surface area contributed by atoms with Gasteiger partial charge in [0.1, 0.15) is 16.5 Å². The number of thioether (sulfide) groups is 1. The molecule has 3 heterocycles. The summed E-state index contributed by atoms with van der Waals surface area (Å²) in [6.07, 6.45) is 5.77. The minimum Gasteiger partial charge on any atom is -0.493 e. The third kappa shape index (κ3) is 5.62. The monoisotopic (exact) mass is 511 g/mol. The summed E-state index contributed by atoms with van der Waals surface area (Å²) < 4.78 is 11.7. The third-order valence-corrected chi connectivity index (χ3v) is 6.66. The normalized spacial score (nSPS) is 15.9. The molecular formula is C28H25N5O3S. The SMILES string of the molecule is Cc1ccc(OCCCOc2ccc(C=C3C(=N)N4N=C(c5cccnc5)SC4=NC3=O)cc2)c(C)c1. The predicted molar refractivity (Wildman–Crippen MR) is 146 cm³/mol. The number of aryl methyl sites for hydroxylation is 2. The highest BCUT2D eigenvalue weighted by Gasteiger charge is 2.36. The molecule has 3 aromatic rings. The van der Waals surface area contributed by atoms with Crippen LogP contribution in [0.25, 0.3) is 6.08 Å². The van der Waals surface area contributed by atoms with Gasteiger partial charge in [-0.15, -0.1) is 0 Å². The number of hydrazone groups is 1. The molecule has 0 fully saturated rings. The number of carbonyl (C=O) groups excluding carboxylic acids is 1. The van der Waals surface area contributed by atoms with Crippen LogP contribution in [0.2, 0.25) is 0 Å². The van der Waals surface area contributed by atoms with E-state index in [1.165, 1.54) is 22.3 Å². The number of aliphatic imine (C=N–C) groups is 1. The van der Waals surface area contributed by atoms with Crippen LogP contribution in [0.1, 0.15) is 28.7 Å². The number of amidine groups is 2. The lowest BCUT2D eigenvalue weighted by Crippen LogP contribution is -2.35. The van der Waals surface area contributed by atoms with E-state index in [0.29, 0.717) is 23.4 Å². The summed E-state index contributed by atoms with van der Waals surface area (Å²) in [7, 11) is 0. The quantitative estimate of drug-likeness (QED) is 0.329. The van der Waals surface area contributed by atoms with Gasteiger partial charge < -0.3 is 9.47 Å². The van der Waals surface area contributed by atoms with Gasteiger partial charge in [0.2, 0.25) is 5.17 Å². The molecular weight excluding hydrogens is 486 g/mol. The van der Waals surface area contributed by atoms with E-state index in [0.717, 1.165) is 34.6 Å². The van der Waals surface area contributed by atoms with Crippen LogP contribution >= 0.6 is 11.8 Å². The molecule has 0 spiro atoms. The highest BCUT2D eigenvalue weighted by Crippen LogP contribution is 2.30. The number of carbonyl (C=O) groups is 1. The number of fused-ring (bicyclic) bond motifs is 1. The van der Waals surface area contributed by atoms with Gasteiger partial charge >= 0.3 is 0 Å². The molecule has 0 radical (unpaired) electrons. The Morgan fingerprint density at radius 1 is 1.05 bits per heavy atom. The van der Waals surface area contributed by atoms with E-state index in [1.807, 2.05) is 55.5 Å². The number of nitrogens with one attached hydrogen (secondary N) is 1. The maximum absolute atomic E-state index is 12.7. The van der Waals surface area contributed by atoms with Gasteiger partial charge in [0.05, 0.1) is 18.8 Å². The van der Waals surface area contributed by atoms with Crippen LogP contribution in [0.5, 0.6) is 11.5 Å². The van der Waals surface area contributed by atoms with Crippen molar-refractivity contribution in [2.45, 2.75) is 20.3 Å². The number of aromatic nitrogens is 1. The van der Waals surface area contributed by atoms with Gasteiger partial charge in [-0.25, -0.2) is 0 Å². The van der Waals surface area contributed by atoms with Crippen molar-refractivity contribution in [1.29, 1.82) is 5.41 Å². The second kappa shape index (κ2) is 10.8. The van der Waals surface area contributed by atoms with Crippen molar-refractivity contribution in [2.75, 3.05) is 13.2 Å². The van der Waals surface area contributed by atoms with Crippen LogP contribution in [0.3, 0.4) is 0 Å². The average molecular weight is 512 g/mol. The summed E-state index contributed by atoms with van der Waals surface area (Å²) in [5.74, 6) is 1.15. The first-order valence-corrected chi connectivity index (χ1v) is 12.6. The zero-order valence-corrected chi connectivity index (χ0v) is 21.3. The Bertz CT molecular complexity index is 1430. The number of benzene rings is 2. The van der Waals surface area contributed by atoms with Crippen LogP contribution in [-0.4, -0.2) is 45.2 Å². The van der Waals surface area contributed by atoms with Gasteiger partial charge in [0.25, 0.3) is 5.91 Å². The van der Waals surface area contributed by atoms with Crippen LogP contribution in [0.15, 0.2) is 82.7 Å². The molecule has 1 N–H and O–H groups in total. The number of rotatable bonds is 8. The van der Waals surface area contributed by atoms with Crippen molar-refractivity contribution >= 4 is 39.8 Å². The topological polar surface area (TPSA) is 100 Å². The van der Waals surface area contributed by atoms with E-state index in [2.05, 4.69) is 28.1 Å². The zero-order valence-electron chi connectivity index (χ0n) is 20.5. The fraction of sp³-hybridized carbons (Fsp3) is 0.179. The molecule has 0 saturated heterocycles. The summed E-state index contributed by atoms with van der Waals surface area (Å²) >= 11 is 1.25. The van der Waals surface area contributed by atoms with Crippen molar-refractivity contribution in [2.24, 2.45) is 10.1 Å². The van der Waals surface area contributed by atoms with Gasteiger partial charge in [-0.2, -0.15) is 15.1 Å². The lowest BCUT2D eigenvalue weighted by atomic mass is 10.1. The molecule has 2 aliphatic rings. The Labute approximate surface area is 219 Å². The summed E-state index contributed by atoms with van der Waals surface area (Å²) in [5.41, 5.74) is 4.09. The van der Waals surface area contributed by atoms with Crippen molar-refractivity contribution < 1.29 is 14.3 Å². The largest absolute Gasteiger partial charge is 0.493 e. The van der Waals surface area contributed by atoms with Crippen molar-refractivity contribution in [3.05, 3.63) is 94.8 Å². The minimum atomic E-state index is -0.462. The molecule has 8 nitrogen and oxygen atoms in total. The Morgan fingerprint density at radius 2 is 1.86 bits per heavy atom. The van der Waals surface area contributed by atoms with E-state index >= 15 is 0 Å². The predicted octanol–water partition coefficient (Wildman–Crippen LogP) is 5.21. The molecule has 9 heteroatoms. The number of hydrogen-bond donors (Lipinski definition) is 1. The van der Waals surface area contributed by atoms with E-state index in [4.69, 9.17) is 14.9 Å². The van der Waals surface area contributed by atoms with Gasteiger partial charge in [-0.05, 0) is 73.1 Å². The van der Waals surface area contributed by atoms with Crippen LogP contribution in [-0.2, 0) is 4.79 Å². The van der Waals surface area contributed by atoms with Crippen LogP contribution in [0.4, 0.5) is 0 Å². The molecule has 5 rings (SSSR count). The van der Waals surface area contributed by atoms with Crippen LogP contribution in [0, 0.1) is 19.3 Å². The van der Waals surface area contributed by atoms with Crippen molar-refractivity contribution in [1.82, 2.24) is 9.99 Å². The molecule has 0 unspecified atom stereocenters. The van der Waals surface area contributed by atoms with Gasteiger partial charge in [0.15, 0.2) is 5.84 Å². The molecule has 0 aliphatic carbocycles. The van der Waals surface area contributed by atoms with E-state index in [1.54, 1.807) is 18.5 Å². The molecule has 186 valence electrons. The first kappa shape index (κ1) is 24.5. The standard InChI is InChI=1S/C28H25N5O3S/c1-18-6-11-24(19(2)15-18)36-14-4-13-35-22-9-7-20(8-10-22)16-23-25(29)33-28(31-26(23)34)37-27(32-33)21-5-3-12-30-17-21/h3,5-12,15-17,29H,4,13-14H2,1-2H3. The number of nitrogens with zero attached hydrogens (tertiary/aromatic N) is 4. The molecule has 2 aromatic carbocycles. The Morgan fingerprint density at radius 3 is 2.62 bits per heavy atom. The number of pyridine rings is 1. The minimum absolute atomic E-state index is 0.00877. The van der Waals surface area contributed by atoms with Gasteiger partial charge in [0, 0.05) is 24.4 Å². The van der Waals surface area contributed by atoms with Crippen molar-refractivity contribution in [3.63, 3.8) is 0 Å². The second-order valence-electron chi connectivity index (χ2n) is 8.56. The fourth-order valence-corrected chi connectivity index (χ4v) is 4.70. The molecule has 2 aliphatic heterocycles. The average Bonchev–Trinajstić information content (AvgIpc) is 3.33. The molecule has 0 bridgehead atoms. The summed E-state index contributed by atoms with van der Waals surface area (Å²) in [6.45, 7) is 5.20. The van der Waals surface area contributed by atoms with Gasteiger partial charge in [-0.3, -0.25) is 15.2 Å². The summed E-state index contributed by atoms with van der Waals surface area (Å²) in [5, 5.41) is 15.4. The molecule has 0 saturated carbocycles. The lowest BCUT2D eigenvalue weighted by Gasteiger charge is -2.20. The van der Waals surface area contributed by atoms with E-state index in [9.17, 15) is 4.79 Å². The number of amides is 1. The molecule has 1 aromatic heterocycles. The maximum atomic E-state index is 12.7. The molecule has 37 heavy (non-hydrogen) atoms. The smallest absolute Gasteiger partial charge is 0.283 e. The first-order chi connectivity index (χ1) is 18.0. The lowest BCUT2D eigenvalue weighted by molar-refractivity contribution is -0.114. The highest BCUT2D eigenvalue weighted by atomic mass is 32.2. The maximum Gasteiger partial charge on any atom is 0.283 e. The van der Waals surface area contributed by atoms with E-state index in [-0.39, 0.29) is 11.4 Å². The summed E-state index contributed by atoms with van der Waals surface area (Å²) in [6, 6.07) is 17.2. The van der Waals surface area contributed by atoms with Gasteiger partial charge in [-0.1, -0.05) is 29.8 Å².